The van der Waals surface area contributed by atoms with Crippen LogP contribution >= 0.6 is 11.8 Å². The summed E-state index contributed by atoms with van der Waals surface area (Å²) in [5.74, 6) is 0.386. The zero-order chi connectivity index (χ0) is 16.4. The van der Waals surface area contributed by atoms with E-state index >= 15 is 0 Å². The first-order chi connectivity index (χ1) is 11.1. The van der Waals surface area contributed by atoms with Crippen LogP contribution in [0.15, 0.2) is 23.4 Å². The number of hydrogen-bond donors (Lipinski definition) is 0. The van der Waals surface area contributed by atoms with Gasteiger partial charge in [-0.3, -0.25) is 14.5 Å². The van der Waals surface area contributed by atoms with E-state index < -0.39 is 0 Å². The number of tetrazole rings is 1. The van der Waals surface area contributed by atoms with Crippen LogP contribution in [0.3, 0.4) is 0 Å². The van der Waals surface area contributed by atoms with Gasteiger partial charge < -0.3 is 0 Å². The summed E-state index contributed by atoms with van der Waals surface area (Å²) in [5.41, 5.74) is 3.22. The average Bonchev–Trinajstić information content (AvgIpc) is 3.11. The minimum Gasteiger partial charge on any atom is -0.282 e. The van der Waals surface area contributed by atoms with E-state index in [2.05, 4.69) is 15.5 Å². The molecule has 0 spiro atoms. The lowest BCUT2D eigenvalue weighted by Crippen LogP contribution is -2.31. The zero-order valence-electron chi connectivity index (χ0n) is 13.0. The second-order valence-corrected chi connectivity index (χ2v) is 6.44. The summed E-state index contributed by atoms with van der Waals surface area (Å²) in [6.45, 7) is 4.46. The van der Waals surface area contributed by atoms with Crippen molar-refractivity contribution in [3.8, 4) is 5.69 Å². The van der Waals surface area contributed by atoms with E-state index in [1.54, 1.807) is 4.68 Å². The molecule has 0 unspecified atom stereocenters. The summed E-state index contributed by atoms with van der Waals surface area (Å²) in [6.07, 6.45) is 0.646. The summed E-state index contributed by atoms with van der Waals surface area (Å²) < 4.78 is 1.70. The van der Waals surface area contributed by atoms with Gasteiger partial charge in [0.15, 0.2) is 0 Å². The smallest absolute Gasteiger partial charge is 0.229 e. The van der Waals surface area contributed by atoms with Crippen molar-refractivity contribution < 1.29 is 9.59 Å². The Morgan fingerprint density at radius 2 is 1.91 bits per heavy atom. The Morgan fingerprint density at radius 1 is 1.17 bits per heavy atom. The lowest BCUT2D eigenvalue weighted by Gasteiger charge is -2.13. The van der Waals surface area contributed by atoms with E-state index in [4.69, 9.17) is 0 Å². The monoisotopic (exact) mass is 331 g/mol. The molecule has 120 valence electrons. The third-order valence-electron chi connectivity index (χ3n) is 3.95. The van der Waals surface area contributed by atoms with E-state index in [0.29, 0.717) is 30.3 Å². The summed E-state index contributed by atoms with van der Waals surface area (Å²) >= 11 is 1.43. The summed E-state index contributed by atoms with van der Waals surface area (Å²) in [4.78, 5) is 24.5. The van der Waals surface area contributed by atoms with Crippen molar-refractivity contribution in [2.24, 2.45) is 0 Å². The fourth-order valence-corrected chi connectivity index (χ4v) is 3.29. The normalized spacial score (nSPS) is 14.8. The topological polar surface area (TPSA) is 81.0 Å². The Hall–Kier alpha value is -2.22. The molecular weight excluding hydrogens is 314 g/mol. The molecule has 1 aromatic heterocycles. The van der Waals surface area contributed by atoms with Gasteiger partial charge in [0.1, 0.15) is 0 Å². The Kier molecular flexibility index (Phi) is 4.42. The van der Waals surface area contributed by atoms with Gasteiger partial charge in [0.2, 0.25) is 17.0 Å². The van der Waals surface area contributed by atoms with Crippen molar-refractivity contribution in [2.45, 2.75) is 31.8 Å². The number of aromatic nitrogens is 4. The number of rotatable bonds is 5. The van der Waals surface area contributed by atoms with Crippen molar-refractivity contribution in [1.82, 2.24) is 25.1 Å². The third-order valence-corrected chi connectivity index (χ3v) is 4.85. The molecule has 8 heteroatoms. The van der Waals surface area contributed by atoms with Crippen LogP contribution < -0.4 is 0 Å². The molecular formula is C15H17N5O2S. The second-order valence-electron chi connectivity index (χ2n) is 5.38. The Labute approximate surface area is 138 Å². The number of hydrogen-bond acceptors (Lipinski definition) is 6. The molecule has 0 radical (unpaired) electrons. The maximum Gasteiger partial charge on any atom is 0.229 e. The molecule has 0 N–H and O–H groups in total. The molecule has 1 aromatic carbocycles. The standard InChI is InChI=1S/C15H17N5O2S/c1-10-4-3-5-12(11(10)2)20-15(16-17-18-20)23-9-8-19-13(21)6-7-14(19)22/h3-5H,6-9H2,1-2H3. The van der Waals surface area contributed by atoms with Crippen molar-refractivity contribution in [2.75, 3.05) is 12.3 Å². The van der Waals surface area contributed by atoms with Gasteiger partial charge in [-0.2, -0.15) is 4.68 Å². The number of benzene rings is 1. The highest BCUT2D eigenvalue weighted by Crippen LogP contribution is 2.23. The zero-order valence-corrected chi connectivity index (χ0v) is 13.8. The number of aryl methyl sites for hydroxylation is 1. The molecule has 0 atom stereocenters. The molecule has 2 aromatic rings. The predicted molar refractivity (Wildman–Crippen MR) is 85.3 cm³/mol. The van der Waals surface area contributed by atoms with Crippen LogP contribution in [0.4, 0.5) is 0 Å². The van der Waals surface area contributed by atoms with Gasteiger partial charge in [0.05, 0.1) is 5.69 Å². The molecule has 7 nitrogen and oxygen atoms in total. The number of amides is 2. The minimum absolute atomic E-state index is 0.0929. The van der Waals surface area contributed by atoms with Gasteiger partial charge in [-0.25, -0.2) is 0 Å². The van der Waals surface area contributed by atoms with Gasteiger partial charge in [0, 0.05) is 25.1 Å². The molecule has 1 saturated heterocycles. The van der Waals surface area contributed by atoms with Crippen LogP contribution in [-0.4, -0.2) is 49.2 Å². The molecule has 3 rings (SSSR count). The highest BCUT2D eigenvalue weighted by Gasteiger charge is 2.28. The fraction of sp³-hybridized carbons (Fsp3) is 0.400. The number of carbonyl (C=O) groups is 2. The first-order valence-electron chi connectivity index (χ1n) is 7.39. The van der Waals surface area contributed by atoms with Gasteiger partial charge in [-0.15, -0.1) is 5.10 Å². The molecule has 0 saturated carbocycles. The van der Waals surface area contributed by atoms with Gasteiger partial charge in [0.25, 0.3) is 0 Å². The van der Waals surface area contributed by atoms with Gasteiger partial charge >= 0.3 is 0 Å². The molecule has 2 amide bonds. The molecule has 0 aliphatic carbocycles. The number of imide groups is 1. The van der Waals surface area contributed by atoms with Crippen LogP contribution in [0.25, 0.3) is 5.69 Å². The highest BCUT2D eigenvalue weighted by molar-refractivity contribution is 7.99. The van der Waals surface area contributed by atoms with E-state index in [0.717, 1.165) is 11.3 Å². The Balaban J connectivity index is 1.71. The Bertz CT molecular complexity index is 742. The number of thioether (sulfide) groups is 1. The van der Waals surface area contributed by atoms with Crippen LogP contribution in [0.5, 0.6) is 0 Å². The van der Waals surface area contributed by atoms with E-state index in [9.17, 15) is 9.59 Å². The van der Waals surface area contributed by atoms with Gasteiger partial charge in [-0.1, -0.05) is 23.9 Å². The molecule has 23 heavy (non-hydrogen) atoms. The minimum atomic E-state index is -0.0929. The van der Waals surface area contributed by atoms with Crippen molar-refractivity contribution >= 4 is 23.6 Å². The maximum absolute atomic E-state index is 11.6. The van der Waals surface area contributed by atoms with E-state index in [1.807, 2.05) is 32.0 Å². The third kappa shape index (κ3) is 3.12. The first-order valence-corrected chi connectivity index (χ1v) is 8.37. The second kappa shape index (κ2) is 6.49. The fourth-order valence-electron chi connectivity index (χ4n) is 2.49. The van der Waals surface area contributed by atoms with E-state index in [-0.39, 0.29) is 11.8 Å². The molecule has 1 aliphatic heterocycles. The molecule has 1 aliphatic rings. The molecule has 0 bridgehead atoms. The van der Waals surface area contributed by atoms with Crippen molar-refractivity contribution in [3.05, 3.63) is 29.3 Å². The summed E-state index contributed by atoms with van der Waals surface area (Å²) in [7, 11) is 0. The molecule has 2 heterocycles. The lowest BCUT2D eigenvalue weighted by atomic mass is 10.1. The van der Waals surface area contributed by atoms with Crippen LogP contribution in [-0.2, 0) is 9.59 Å². The van der Waals surface area contributed by atoms with Gasteiger partial charge in [-0.05, 0) is 41.5 Å². The quantitative estimate of drug-likeness (QED) is 0.610. The number of likely N-dealkylation sites (tertiary alicyclic amines) is 1. The van der Waals surface area contributed by atoms with Crippen LogP contribution in [0, 0.1) is 13.8 Å². The maximum atomic E-state index is 11.6. The lowest BCUT2D eigenvalue weighted by molar-refractivity contribution is -0.137. The summed E-state index contributed by atoms with van der Waals surface area (Å²) in [6, 6.07) is 5.98. The SMILES string of the molecule is Cc1cccc(-n2nnnc2SCCN2C(=O)CCC2=O)c1C. The van der Waals surface area contributed by atoms with Crippen molar-refractivity contribution in [3.63, 3.8) is 0 Å². The van der Waals surface area contributed by atoms with Crippen molar-refractivity contribution in [1.29, 1.82) is 0 Å². The molecule has 1 fully saturated rings. The summed E-state index contributed by atoms with van der Waals surface area (Å²) in [5, 5.41) is 12.5. The van der Waals surface area contributed by atoms with Crippen LogP contribution in [0.2, 0.25) is 0 Å². The van der Waals surface area contributed by atoms with E-state index in [1.165, 1.54) is 22.2 Å². The first kappa shape index (κ1) is 15.7. The highest BCUT2D eigenvalue weighted by atomic mass is 32.2. The van der Waals surface area contributed by atoms with Crippen LogP contribution in [0.1, 0.15) is 24.0 Å². The Morgan fingerprint density at radius 3 is 2.65 bits per heavy atom. The number of carbonyl (C=O) groups excluding carboxylic acids is 2. The average molecular weight is 331 g/mol. The predicted octanol–water partition coefficient (Wildman–Crippen LogP) is 1.52. The number of nitrogens with zero attached hydrogens (tertiary/aromatic N) is 5. The largest absolute Gasteiger partial charge is 0.282 e.